The molecule has 82 valence electrons. The summed E-state index contributed by atoms with van der Waals surface area (Å²) in [5.74, 6) is -0.408. The first kappa shape index (κ1) is 11.9. The number of hydrogen-bond donors (Lipinski definition) is 0. The van der Waals surface area contributed by atoms with E-state index in [4.69, 9.17) is 5.53 Å². The summed E-state index contributed by atoms with van der Waals surface area (Å²) in [6.45, 7) is 3.20. The fraction of sp³-hybridized carbons (Fsp3) is 0.273. The molecule has 5 nitrogen and oxygen atoms in total. The van der Waals surface area contributed by atoms with Gasteiger partial charge in [-0.1, -0.05) is 18.2 Å². The maximum absolute atomic E-state index is 11.4. The summed E-state index contributed by atoms with van der Waals surface area (Å²) < 4.78 is 0. The molecule has 1 aromatic carbocycles. The second-order valence-corrected chi connectivity index (χ2v) is 3.70. The van der Waals surface area contributed by atoms with E-state index in [1.807, 2.05) is 18.2 Å². The lowest BCUT2D eigenvalue weighted by Crippen LogP contribution is -2.30. The van der Waals surface area contributed by atoms with Crippen LogP contribution >= 0.6 is 0 Å². The van der Waals surface area contributed by atoms with E-state index in [1.54, 1.807) is 26.0 Å². The minimum Gasteiger partial charge on any atom is -0.361 e. The molecule has 0 radical (unpaired) electrons. The van der Waals surface area contributed by atoms with Crippen molar-refractivity contribution < 1.29 is 9.58 Å². The molecule has 0 heterocycles. The lowest BCUT2D eigenvalue weighted by atomic mass is 10.0. The van der Waals surface area contributed by atoms with Crippen molar-refractivity contribution in [3.05, 3.63) is 35.9 Å². The van der Waals surface area contributed by atoms with Crippen molar-refractivity contribution in [2.45, 2.75) is 19.4 Å². The molecule has 16 heavy (non-hydrogen) atoms. The van der Waals surface area contributed by atoms with Gasteiger partial charge in [-0.2, -0.15) is 15.0 Å². The fourth-order valence-electron chi connectivity index (χ4n) is 0.937. The molecule has 0 aliphatic heterocycles. The number of benzene rings is 1. The molecule has 0 atom stereocenters. The smallest absolute Gasteiger partial charge is 0.325 e. The average Bonchev–Trinajstić information content (AvgIpc) is 2.28. The van der Waals surface area contributed by atoms with Gasteiger partial charge in [-0.3, -0.25) is 4.79 Å². The van der Waals surface area contributed by atoms with Crippen molar-refractivity contribution in [2.75, 3.05) is 0 Å². The Morgan fingerprint density at radius 3 is 2.56 bits per heavy atom. The highest BCUT2D eigenvalue weighted by atomic mass is 16.1. The van der Waals surface area contributed by atoms with Crippen LogP contribution in [-0.4, -0.2) is 22.3 Å². The van der Waals surface area contributed by atoms with Gasteiger partial charge in [0, 0.05) is 0 Å². The standard InChI is InChI=1S/C11H12N4O/c1-11(2,10(16)8-13-12)15-14-9-6-4-3-5-7-9/h3-8H,1-2H3. The minimum absolute atomic E-state index is 0.408. The molecular formula is C11H12N4O. The number of carbonyl (C=O) groups is 1. The topological polar surface area (TPSA) is 78.2 Å². The lowest BCUT2D eigenvalue weighted by Gasteiger charge is -2.10. The first-order valence-electron chi connectivity index (χ1n) is 4.76. The highest BCUT2D eigenvalue weighted by molar-refractivity contribution is 6.29. The quantitative estimate of drug-likeness (QED) is 0.432. The second-order valence-electron chi connectivity index (χ2n) is 3.70. The molecule has 0 saturated carbocycles. The van der Waals surface area contributed by atoms with Gasteiger partial charge < -0.3 is 5.53 Å². The van der Waals surface area contributed by atoms with Crippen LogP contribution in [0.4, 0.5) is 5.69 Å². The molecule has 0 aromatic heterocycles. The SMILES string of the molecule is CC(C)(N=Nc1ccccc1)C(=O)C=[N+]=[N-]. The monoisotopic (exact) mass is 216 g/mol. The summed E-state index contributed by atoms with van der Waals surface area (Å²) in [6, 6.07) is 9.10. The van der Waals surface area contributed by atoms with Crippen LogP contribution in [-0.2, 0) is 4.79 Å². The van der Waals surface area contributed by atoms with Crippen LogP contribution in [0.2, 0.25) is 0 Å². The van der Waals surface area contributed by atoms with Gasteiger partial charge in [0.15, 0.2) is 0 Å². The third-order valence-electron chi connectivity index (χ3n) is 1.95. The van der Waals surface area contributed by atoms with Gasteiger partial charge in [0.1, 0.15) is 5.54 Å². The molecule has 0 saturated heterocycles. The highest BCUT2D eigenvalue weighted by Gasteiger charge is 2.28. The van der Waals surface area contributed by atoms with Gasteiger partial charge in [-0.25, -0.2) is 0 Å². The van der Waals surface area contributed by atoms with Gasteiger partial charge >= 0.3 is 6.21 Å². The van der Waals surface area contributed by atoms with E-state index in [0.29, 0.717) is 5.69 Å². The lowest BCUT2D eigenvalue weighted by molar-refractivity contribution is -0.119. The molecule has 0 unspecified atom stereocenters. The Morgan fingerprint density at radius 1 is 1.38 bits per heavy atom. The highest BCUT2D eigenvalue weighted by Crippen LogP contribution is 2.16. The summed E-state index contributed by atoms with van der Waals surface area (Å²) in [6.07, 6.45) is 0.823. The predicted octanol–water partition coefficient (Wildman–Crippen LogP) is 2.42. The fourth-order valence-corrected chi connectivity index (χ4v) is 0.937. The van der Waals surface area contributed by atoms with E-state index in [-0.39, 0.29) is 0 Å². The van der Waals surface area contributed by atoms with Crippen LogP contribution in [0.15, 0.2) is 40.6 Å². The molecular weight excluding hydrogens is 204 g/mol. The summed E-state index contributed by atoms with van der Waals surface area (Å²) in [5.41, 5.74) is 7.91. The number of hydrogen-bond acceptors (Lipinski definition) is 3. The maximum Gasteiger partial charge on any atom is 0.325 e. The normalized spacial score (nSPS) is 11.1. The third-order valence-corrected chi connectivity index (χ3v) is 1.95. The zero-order valence-corrected chi connectivity index (χ0v) is 9.16. The van der Waals surface area contributed by atoms with Crippen molar-refractivity contribution in [1.29, 1.82) is 0 Å². The largest absolute Gasteiger partial charge is 0.361 e. The van der Waals surface area contributed by atoms with Gasteiger partial charge in [-0.15, -0.1) is 0 Å². The van der Waals surface area contributed by atoms with Crippen molar-refractivity contribution in [1.82, 2.24) is 0 Å². The van der Waals surface area contributed by atoms with E-state index < -0.39 is 11.3 Å². The molecule has 1 aromatic rings. The number of carbonyl (C=O) groups excluding carboxylic acids is 1. The number of nitrogens with zero attached hydrogens (tertiary/aromatic N) is 4. The van der Waals surface area contributed by atoms with E-state index >= 15 is 0 Å². The Labute approximate surface area is 93.4 Å². The Hall–Kier alpha value is -2.13. The molecule has 0 amide bonds. The first-order valence-corrected chi connectivity index (χ1v) is 4.76. The number of rotatable bonds is 4. The molecule has 0 fully saturated rings. The third kappa shape index (κ3) is 3.22. The first-order chi connectivity index (χ1) is 7.56. The van der Waals surface area contributed by atoms with E-state index in [2.05, 4.69) is 15.0 Å². The van der Waals surface area contributed by atoms with Crippen molar-refractivity contribution >= 4 is 17.7 Å². The molecule has 1 rings (SSSR count). The summed E-state index contributed by atoms with van der Waals surface area (Å²) in [5, 5.41) is 7.86. The Bertz CT molecular complexity index is 444. The van der Waals surface area contributed by atoms with Gasteiger partial charge in [-0.05, 0) is 26.0 Å². The Balaban J connectivity index is 2.84. The summed E-state index contributed by atoms with van der Waals surface area (Å²) in [7, 11) is 0. The zero-order chi connectivity index (χ0) is 12.0. The molecule has 0 bridgehead atoms. The van der Waals surface area contributed by atoms with Crippen molar-refractivity contribution in [3.8, 4) is 0 Å². The summed E-state index contributed by atoms with van der Waals surface area (Å²) in [4.78, 5) is 14.1. The molecule has 0 N–H and O–H groups in total. The molecule has 5 heteroatoms. The Morgan fingerprint density at radius 2 is 2.00 bits per heavy atom. The van der Waals surface area contributed by atoms with Crippen molar-refractivity contribution in [2.24, 2.45) is 10.2 Å². The van der Waals surface area contributed by atoms with Gasteiger partial charge in [0.05, 0.1) is 5.69 Å². The van der Waals surface area contributed by atoms with Crippen molar-refractivity contribution in [3.63, 3.8) is 0 Å². The van der Waals surface area contributed by atoms with Gasteiger partial charge in [0.2, 0.25) is 0 Å². The number of azo groups is 1. The van der Waals surface area contributed by atoms with Crippen LogP contribution in [0.1, 0.15) is 13.8 Å². The maximum atomic E-state index is 11.4. The van der Waals surface area contributed by atoms with Gasteiger partial charge in [0.25, 0.3) is 5.78 Å². The molecule has 0 spiro atoms. The Kier molecular flexibility index (Phi) is 3.80. The minimum atomic E-state index is -1.03. The van der Waals surface area contributed by atoms with Crippen LogP contribution in [0.3, 0.4) is 0 Å². The number of Topliss-reactive ketones (excluding diaryl/α,β-unsaturated/α-hetero) is 1. The van der Waals surface area contributed by atoms with Crippen LogP contribution in [0, 0.1) is 0 Å². The van der Waals surface area contributed by atoms with Crippen LogP contribution < -0.4 is 0 Å². The van der Waals surface area contributed by atoms with E-state index in [0.717, 1.165) is 6.21 Å². The zero-order valence-electron chi connectivity index (χ0n) is 9.16. The van der Waals surface area contributed by atoms with E-state index in [1.165, 1.54) is 0 Å². The summed E-state index contributed by atoms with van der Waals surface area (Å²) >= 11 is 0. The predicted molar refractivity (Wildman–Crippen MR) is 59.7 cm³/mol. The average molecular weight is 216 g/mol. The van der Waals surface area contributed by atoms with Crippen LogP contribution in [0.25, 0.3) is 5.53 Å². The second kappa shape index (κ2) is 5.09. The molecule has 0 aliphatic carbocycles. The number of ketones is 1. The van der Waals surface area contributed by atoms with Crippen LogP contribution in [0.5, 0.6) is 0 Å². The molecule has 0 aliphatic rings. The van der Waals surface area contributed by atoms with E-state index in [9.17, 15) is 4.79 Å².